The highest BCUT2D eigenvalue weighted by molar-refractivity contribution is 9.10. The average molecular weight is 321 g/mol. The van der Waals surface area contributed by atoms with E-state index in [9.17, 15) is 4.39 Å². The number of rotatable bonds is 3. The standard InChI is InChI=1S/C14H10BrFN2O/c1-3-19-14-12(17-2)8-11(15)13(18-14)9-4-6-10(16)7-5-9/h4-8H,3H2,1H3. The van der Waals surface area contributed by atoms with Crippen molar-refractivity contribution in [3.8, 4) is 17.1 Å². The van der Waals surface area contributed by atoms with E-state index in [0.717, 1.165) is 5.56 Å². The number of benzene rings is 1. The number of ether oxygens (including phenoxy) is 1. The van der Waals surface area contributed by atoms with Gasteiger partial charge in [0.05, 0.1) is 18.9 Å². The second kappa shape index (κ2) is 5.81. The molecule has 0 unspecified atom stereocenters. The average Bonchev–Trinajstić information content (AvgIpc) is 2.41. The Balaban J connectivity index is 2.54. The third-order valence-electron chi connectivity index (χ3n) is 2.44. The smallest absolute Gasteiger partial charge is 0.248 e. The maximum absolute atomic E-state index is 12.9. The second-order valence-corrected chi connectivity index (χ2v) is 4.55. The van der Waals surface area contributed by atoms with E-state index >= 15 is 0 Å². The van der Waals surface area contributed by atoms with Gasteiger partial charge in [0.1, 0.15) is 5.82 Å². The van der Waals surface area contributed by atoms with Crippen LogP contribution in [0.5, 0.6) is 5.88 Å². The van der Waals surface area contributed by atoms with Crippen LogP contribution in [0.15, 0.2) is 34.8 Å². The fourth-order valence-corrected chi connectivity index (χ4v) is 2.13. The summed E-state index contributed by atoms with van der Waals surface area (Å²) in [5.41, 5.74) is 1.72. The number of halogens is 2. The molecule has 3 nitrogen and oxygen atoms in total. The minimum atomic E-state index is -0.303. The minimum absolute atomic E-state index is 0.292. The van der Waals surface area contributed by atoms with Gasteiger partial charge in [-0.05, 0) is 53.2 Å². The molecular weight excluding hydrogens is 311 g/mol. The summed E-state index contributed by atoms with van der Waals surface area (Å²) in [5.74, 6) is -0.0114. The van der Waals surface area contributed by atoms with Crippen molar-refractivity contribution in [3.05, 3.63) is 52.0 Å². The number of aromatic nitrogens is 1. The molecule has 0 aliphatic heterocycles. The first-order valence-corrected chi connectivity index (χ1v) is 6.41. The van der Waals surface area contributed by atoms with Gasteiger partial charge in [0.2, 0.25) is 11.6 Å². The molecule has 96 valence electrons. The number of hydrogen-bond acceptors (Lipinski definition) is 2. The van der Waals surface area contributed by atoms with Crippen LogP contribution in [0.4, 0.5) is 10.1 Å². The predicted molar refractivity (Wildman–Crippen MR) is 74.8 cm³/mol. The number of nitrogens with zero attached hydrogens (tertiary/aromatic N) is 2. The summed E-state index contributed by atoms with van der Waals surface area (Å²) in [7, 11) is 0. The highest BCUT2D eigenvalue weighted by Gasteiger charge is 2.12. The monoisotopic (exact) mass is 320 g/mol. The van der Waals surface area contributed by atoms with Crippen molar-refractivity contribution in [1.82, 2.24) is 4.98 Å². The van der Waals surface area contributed by atoms with E-state index in [4.69, 9.17) is 11.3 Å². The maximum Gasteiger partial charge on any atom is 0.248 e. The molecule has 1 heterocycles. The van der Waals surface area contributed by atoms with Gasteiger partial charge in [-0.25, -0.2) is 14.2 Å². The van der Waals surface area contributed by atoms with E-state index in [1.165, 1.54) is 12.1 Å². The lowest BCUT2D eigenvalue weighted by molar-refractivity contribution is 0.329. The molecule has 0 spiro atoms. The molecule has 5 heteroatoms. The van der Waals surface area contributed by atoms with Gasteiger partial charge in [-0.1, -0.05) is 0 Å². The topological polar surface area (TPSA) is 26.5 Å². The van der Waals surface area contributed by atoms with Crippen molar-refractivity contribution in [1.29, 1.82) is 0 Å². The summed E-state index contributed by atoms with van der Waals surface area (Å²) < 4.78 is 18.9. The van der Waals surface area contributed by atoms with E-state index in [1.807, 2.05) is 6.92 Å². The Labute approximate surface area is 119 Å². The summed E-state index contributed by atoms with van der Waals surface area (Å²) >= 11 is 3.37. The van der Waals surface area contributed by atoms with E-state index in [0.29, 0.717) is 28.3 Å². The molecule has 1 aromatic carbocycles. The van der Waals surface area contributed by atoms with Crippen LogP contribution in [0.3, 0.4) is 0 Å². The van der Waals surface area contributed by atoms with Crippen molar-refractivity contribution in [2.75, 3.05) is 6.61 Å². The first-order chi connectivity index (χ1) is 9.15. The molecule has 0 fully saturated rings. The van der Waals surface area contributed by atoms with Gasteiger partial charge in [0.15, 0.2) is 0 Å². The first-order valence-electron chi connectivity index (χ1n) is 5.62. The molecule has 0 saturated carbocycles. The van der Waals surface area contributed by atoms with Gasteiger partial charge in [-0.2, -0.15) is 0 Å². The maximum atomic E-state index is 12.9. The Bertz CT molecular complexity index is 635. The van der Waals surface area contributed by atoms with Crippen LogP contribution >= 0.6 is 15.9 Å². The van der Waals surface area contributed by atoms with Gasteiger partial charge in [-0.15, -0.1) is 0 Å². The van der Waals surface area contributed by atoms with Crippen LogP contribution in [0.25, 0.3) is 16.1 Å². The van der Waals surface area contributed by atoms with Crippen molar-refractivity contribution < 1.29 is 9.13 Å². The third-order valence-corrected chi connectivity index (χ3v) is 3.05. The summed E-state index contributed by atoms with van der Waals surface area (Å²) in [6, 6.07) is 7.66. The van der Waals surface area contributed by atoms with Gasteiger partial charge < -0.3 is 4.74 Å². The Morgan fingerprint density at radius 2 is 2.05 bits per heavy atom. The molecule has 2 aromatic rings. The molecule has 2 rings (SSSR count). The van der Waals surface area contributed by atoms with E-state index in [-0.39, 0.29) is 5.82 Å². The van der Waals surface area contributed by atoms with E-state index in [1.54, 1.807) is 18.2 Å². The quantitative estimate of drug-likeness (QED) is 0.772. The SMILES string of the molecule is [C-]#[N+]c1cc(Br)c(-c2ccc(F)cc2)nc1OCC. The van der Waals surface area contributed by atoms with Crippen LogP contribution in [0.2, 0.25) is 0 Å². The molecule has 0 saturated heterocycles. The normalized spacial score (nSPS) is 10.0. The Kier molecular flexibility index (Phi) is 4.13. The summed E-state index contributed by atoms with van der Waals surface area (Å²) in [5, 5.41) is 0. The molecule has 0 N–H and O–H groups in total. The van der Waals surface area contributed by atoms with Crippen molar-refractivity contribution in [2.24, 2.45) is 0 Å². The molecule has 0 amide bonds. The van der Waals surface area contributed by atoms with Gasteiger partial charge in [0.25, 0.3) is 0 Å². The second-order valence-electron chi connectivity index (χ2n) is 3.69. The van der Waals surface area contributed by atoms with E-state index in [2.05, 4.69) is 25.8 Å². The minimum Gasteiger partial charge on any atom is -0.487 e. The third kappa shape index (κ3) is 2.91. The Morgan fingerprint density at radius 1 is 1.37 bits per heavy atom. The van der Waals surface area contributed by atoms with Crippen LogP contribution in [0.1, 0.15) is 6.92 Å². The zero-order valence-electron chi connectivity index (χ0n) is 10.2. The molecule has 1 aromatic heterocycles. The lowest BCUT2D eigenvalue weighted by Gasteiger charge is -2.09. The Morgan fingerprint density at radius 3 is 2.63 bits per heavy atom. The van der Waals surface area contributed by atoms with Crippen molar-refractivity contribution in [2.45, 2.75) is 6.92 Å². The molecule has 0 aliphatic carbocycles. The van der Waals surface area contributed by atoms with Gasteiger partial charge >= 0.3 is 0 Å². The molecular formula is C14H10BrFN2O. The molecule has 0 radical (unpaired) electrons. The van der Waals surface area contributed by atoms with Crippen molar-refractivity contribution in [3.63, 3.8) is 0 Å². The number of hydrogen-bond donors (Lipinski definition) is 0. The lowest BCUT2D eigenvalue weighted by Crippen LogP contribution is -1.96. The van der Waals surface area contributed by atoms with Crippen LogP contribution in [0, 0.1) is 12.4 Å². The van der Waals surface area contributed by atoms with Gasteiger partial charge in [0, 0.05) is 10.0 Å². The molecule has 0 bridgehead atoms. The largest absolute Gasteiger partial charge is 0.487 e. The van der Waals surface area contributed by atoms with Gasteiger partial charge in [-0.3, -0.25) is 0 Å². The van der Waals surface area contributed by atoms with Crippen molar-refractivity contribution >= 4 is 21.6 Å². The molecule has 19 heavy (non-hydrogen) atoms. The fraction of sp³-hybridized carbons (Fsp3) is 0.143. The predicted octanol–water partition coefficient (Wildman–Crippen LogP) is 4.60. The molecule has 0 aliphatic rings. The van der Waals surface area contributed by atoms with Crippen LogP contribution < -0.4 is 4.74 Å². The Hall–Kier alpha value is -1.93. The summed E-state index contributed by atoms with van der Waals surface area (Å²) in [6.45, 7) is 9.36. The zero-order valence-corrected chi connectivity index (χ0v) is 11.7. The fourth-order valence-electron chi connectivity index (χ4n) is 1.60. The number of pyridine rings is 1. The van der Waals surface area contributed by atoms with Crippen LogP contribution in [-0.2, 0) is 0 Å². The van der Waals surface area contributed by atoms with E-state index < -0.39 is 0 Å². The van der Waals surface area contributed by atoms with Crippen LogP contribution in [-0.4, -0.2) is 11.6 Å². The summed E-state index contributed by atoms with van der Waals surface area (Å²) in [6.07, 6.45) is 0. The highest BCUT2D eigenvalue weighted by Crippen LogP contribution is 2.35. The zero-order chi connectivity index (χ0) is 13.8. The molecule has 0 atom stereocenters. The lowest BCUT2D eigenvalue weighted by atomic mass is 10.1. The first kappa shape index (κ1) is 13.5. The summed E-state index contributed by atoms with van der Waals surface area (Å²) in [4.78, 5) is 7.70. The highest BCUT2D eigenvalue weighted by atomic mass is 79.9.